The van der Waals surface area contributed by atoms with E-state index in [1.54, 1.807) is 0 Å². The van der Waals surface area contributed by atoms with Crippen molar-refractivity contribution in [3.8, 4) is 0 Å². The van der Waals surface area contributed by atoms with Crippen molar-refractivity contribution in [1.82, 2.24) is 0 Å². The van der Waals surface area contributed by atoms with Gasteiger partial charge in [-0.05, 0) is 116 Å². The first-order valence-corrected chi connectivity index (χ1v) is 56.0. The molecule has 1 saturated carbocycles. The van der Waals surface area contributed by atoms with E-state index in [2.05, 4.69) is 114 Å². The molecule has 6 aliphatic heterocycles. The lowest BCUT2D eigenvalue weighted by Crippen LogP contribution is -2.69. The van der Waals surface area contributed by atoms with Crippen LogP contribution in [0.25, 0.3) is 0 Å². The van der Waals surface area contributed by atoms with Crippen molar-refractivity contribution in [2.45, 2.75) is 614 Å². The summed E-state index contributed by atoms with van der Waals surface area (Å²) in [6, 6.07) is 0. The number of rotatable bonds is 84. The molecule has 12 atom stereocenters. The van der Waals surface area contributed by atoms with Crippen LogP contribution in [0.4, 0.5) is 0 Å². The first-order chi connectivity index (χ1) is 64.8. The van der Waals surface area contributed by atoms with Gasteiger partial charge in [-0.15, -0.1) is 0 Å². The number of hydrogen-bond donors (Lipinski definition) is 0. The van der Waals surface area contributed by atoms with E-state index in [-0.39, 0.29) is 112 Å². The Hall–Kier alpha value is -4.98. The van der Waals surface area contributed by atoms with Gasteiger partial charge in [-0.25, -0.2) is 0 Å². The monoisotopic (exact) mass is 1850 g/mol. The third-order valence-electron chi connectivity index (χ3n) is 28.2. The lowest BCUT2D eigenvalue weighted by Gasteiger charge is -2.47. The van der Waals surface area contributed by atoms with E-state index in [1.165, 1.54) is 116 Å². The molecule has 0 bridgehead atoms. The second-order valence-corrected chi connectivity index (χ2v) is 40.2. The molecule has 0 radical (unpaired) electrons. The van der Waals surface area contributed by atoms with Gasteiger partial charge < -0.3 is 56.8 Å². The fraction of sp³-hybridized carbons (Fsp3) is 0.842. The number of carbonyl (C=O) groups is 6. The van der Waals surface area contributed by atoms with E-state index in [4.69, 9.17) is 56.8 Å². The third kappa shape index (κ3) is 51.6. The molecule has 1 aliphatic carbocycles. The van der Waals surface area contributed by atoms with Gasteiger partial charge in [-0.3, -0.25) is 28.8 Å². The second kappa shape index (κ2) is 74.1. The zero-order valence-electron chi connectivity index (χ0n) is 84.6. The third-order valence-corrected chi connectivity index (χ3v) is 28.2. The Morgan fingerprint density at radius 3 is 0.364 bits per heavy atom. The number of unbranched alkanes of at least 4 members (excludes halogenated alkanes) is 42. The molecule has 12 unspecified atom stereocenters. The van der Waals surface area contributed by atoms with E-state index < -0.39 is 72.4 Å². The second-order valence-electron chi connectivity index (χ2n) is 40.2. The van der Waals surface area contributed by atoms with Crippen LogP contribution in [0.2, 0.25) is 0 Å². The van der Waals surface area contributed by atoms with E-state index in [1.807, 2.05) is 0 Å². The number of carbonyl (C=O) groups excluding carboxylic acids is 6. The minimum absolute atomic E-state index is 0.0128. The average Bonchev–Trinajstić information content (AvgIpc) is 0.780. The van der Waals surface area contributed by atoms with Crippen molar-refractivity contribution >= 4 is 35.8 Å². The molecule has 7 rings (SSSR count). The molecule has 18 nitrogen and oxygen atoms in total. The number of hydrogen-bond acceptors (Lipinski definition) is 18. The molecule has 0 aromatic heterocycles. The van der Waals surface area contributed by atoms with Gasteiger partial charge >= 0.3 is 35.8 Å². The molecule has 0 amide bonds. The van der Waals surface area contributed by atoms with Gasteiger partial charge in [0.15, 0.2) is 36.6 Å². The minimum atomic E-state index is -1.65. The Kier molecular flexibility index (Phi) is 64.0. The highest BCUT2D eigenvalue weighted by atomic mass is 16.7. The zero-order chi connectivity index (χ0) is 93.7. The van der Waals surface area contributed by atoms with Crippen LogP contribution >= 0.6 is 0 Å². The molecule has 0 aromatic carbocycles. The Bertz CT molecular complexity index is 2620. The summed E-state index contributed by atoms with van der Waals surface area (Å²) in [5.74, 6) is -3.81. The summed E-state index contributed by atoms with van der Waals surface area (Å²) >= 11 is 0. The highest BCUT2D eigenvalue weighted by Crippen LogP contribution is 2.38. The van der Waals surface area contributed by atoms with E-state index in [0.717, 1.165) is 270 Å². The maximum absolute atomic E-state index is 15.1. The summed E-state index contributed by atoms with van der Waals surface area (Å²) in [5.41, 5.74) is 0. The van der Waals surface area contributed by atoms with Crippen LogP contribution in [-0.2, 0) is 85.6 Å². The highest BCUT2D eigenvalue weighted by Gasteiger charge is 2.61. The summed E-state index contributed by atoms with van der Waals surface area (Å²) in [7, 11) is 0. The quantitative estimate of drug-likeness (QED) is 0.0240. The zero-order valence-corrected chi connectivity index (χ0v) is 84.6. The molecule has 18 heteroatoms. The lowest BCUT2D eigenvalue weighted by molar-refractivity contribution is -0.262. The standard InChI is InChI=1S/C114H192O18/c1-7-13-43-61-91-79-85-97(121-91)67-49-31-19-25-37-55-73-103(115)127-109-110(128-104(116)74-56-38-26-20-32-50-68-98-86-80-92(122-98)62-44-14-8-2)112(130-106(118)76-58-40-28-22-34-52-70-100-88-82-94(124-100)64-46-16-10-4)114(132-108(120)78-60-42-30-24-36-54-72-102-90-84-96(126-102)66-48-18-12-6)113(131-107(119)77-59-41-29-23-35-53-71-101-89-83-95(125-101)65-47-17-11-5)111(109)129-105(117)75-57-39-27-21-33-51-69-99-87-81-93(123-99)63-45-15-9-3/h79-102,109-114H,7-78H2,1-6H3. The maximum Gasteiger partial charge on any atom is 0.306 e. The van der Waals surface area contributed by atoms with E-state index >= 15 is 28.8 Å². The van der Waals surface area contributed by atoms with Crippen molar-refractivity contribution in [3.63, 3.8) is 0 Å². The average molecular weight is 1850 g/mol. The molecule has 7 aliphatic rings. The molecular weight excluding hydrogens is 1660 g/mol. The smallest absolute Gasteiger partial charge is 0.306 e. The number of esters is 6. The molecule has 0 N–H and O–H groups in total. The Balaban J connectivity index is 1.12. The van der Waals surface area contributed by atoms with Gasteiger partial charge in [0.25, 0.3) is 0 Å². The number of ether oxygens (including phenoxy) is 12. The molecule has 0 saturated heterocycles. The van der Waals surface area contributed by atoms with Crippen molar-refractivity contribution in [1.29, 1.82) is 0 Å². The van der Waals surface area contributed by atoms with E-state index in [9.17, 15) is 0 Å². The van der Waals surface area contributed by atoms with Gasteiger partial charge in [-0.1, -0.05) is 423 Å². The first kappa shape index (κ1) is 114. The summed E-state index contributed by atoms with van der Waals surface area (Å²) < 4.78 is 78.3. The molecular formula is C114H192O18. The lowest BCUT2D eigenvalue weighted by atomic mass is 9.83. The summed E-state index contributed by atoms with van der Waals surface area (Å²) in [6.45, 7) is 13.4. The summed E-state index contributed by atoms with van der Waals surface area (Å²) in [6.07, 6.45) is 83.8. The van der Waals surface area contributed by atoms with Crippen LogP contribution in [0.3, 0.4) is 0 Å². The van der Waals surface area contributed by atoms with Crippen molar-refractivity contribution in [2.75, 3.05) is 0 Å². The first-order valence-electron chi connectivity index (χ1n) is 56.0. The van der Waals surface area contributed by atoms with Crippen LogP contribution < -0.4 is 0 Å². The van der Waals surface area contributed by atoms with Crippen molar-refractivity contribution < 1.29 is 85.6 Å². The van der Waals surface area contributed by atoms with Gasteiger partial charge in [0, 0.05) is 38.5 Å². The van der Waals surface area contributed by atoms with Crippen LogP contribution in [0.15, 0.2) is 72.9 Å². The maximum atomic E-state index is 15.1. The summed E-state index contributed by atoms with van der Waals surface area (Å²) in [5, 5.41) is 0. The predicted octanol–water partition coefficient (Wildman–Crippen LogP) is 29.6. The molecule has 1 fully saturated rings. The van der Waals surface area contributed by atoms with Crippen LogP contribution in [0.1, 0.15) is 504 Å². The Morgan fingerprint density at radius 2 is 0.250 bits per heavy atom. The SMILES string of the molecule is CCCCCC1C=CC(CCCCCCCCC(=O)OC2C(OC(=O)CCCCCCCCC3C=CC(CCCCC)O3)C(OC(=O)CCCCCCCCC3C=CC(CCCCC)O3)C(OC(=O)CCCCCCCCC3C=CC(CCCCC)O3)C(OC(=O)CCCCCCCCC3C=CC(CCCCC)O3)C2OC(=O)CCCCCCCCC2C=CC(CCCCC)O2)O1. The topological polar surface area (TPSA) is 213 Å². The van der Waals surface area contributed by atoms with Gasteiger partial charge in [0.2, 0.25) is 0 Å². The van der Waals surface area contributed by atoms with E-state index in [0.29, 0.717) is 38.5 Å². The molecule has 0 spiro atoms. The molecule has 0 aromatic rings. The molecule has 132 heavy (non-hydrogen) atoms. The molecule has 756 valence electrons. The van der Waals surface area contributed by atoms with Crippen LogP contribution in [0, 0.1) is 0 Å². The highest BCUT2D eigenvalue weighted by molar-refractivity contribution is 5.74. The minimum Gasteiger partial charge on any atom is -0.454 e. The van der Waals surface area contributed by atoms with Crippen LogP contribution in [-0.4, -0.2) is 146 Å². The fourth-order valence-electron chi connectivity index (χ4n) is 20.0. The Labute approximate surface area is 803 Å². The van der Waals surface area contributed by atoms with Gasteiger partial charge in [0.05, 0.1) is 73.2 Å². The largest absolute Gasteiger partial charge is 0.454 e. The fourth-order valence-corrected chi connectivity index (χ4v) is 20.0. The van der Waals surface area contributed by atoms with Gasteiger partial charge in [-0.2, -0.15) is 0 Å². The molecule has 6 heterocycles. The summed E-state index contributed by atoms with van der Waals surface area (Å²) in [4.78, 5) is 90.3. The normalized spacial score (nSPS) is 25.2. The predicted molar refractivity (Wildman–Crippen MR) is 533 cm³/mol. The van der Waals surface area contributed by atoms with Crippen molar-refractivity contribution in [3.05, 3.63) is 72.9 Å². The van der Waals surface area contributed by atoms with Crippen molar-refractivity contribution in [2.24, 2.45) is 0 Å². The van der Waals surface area contributed by atoms with Gasteiger partial charge in [0.1, 0.15) is 0 Å². The Morgan fingerprint density at radius 1 is 0.152 bits per heavy atom. The van der Waals surface area contributed by atoms with Crippen LogP contribution in [0.5, 0.6) is 0 Å².